The lowest BCUT2D eigenvalue weighted by atomic mass is 9.76. The Morgan fingerprint density at radius 3 is 2.30 bits per heavy atom. The lowest BCUT2D eigenvalue weighted by molar-refractivity contribution is 0.0224. The van der Waals surface area contributed by atoms with Gasteiger partial charge in [0.05, 0.1) is 5.56 Å². The molecule has 186 valence electrons. The van der Waals surface area contributed by atoms with Gasteiger partial charge in [-0.05, 0) is 67.8 Å². The number of carbonyl (C=O) groups excluding carboxylic acids is 1. The molecule has 2 aliphatic heterocycles. The van der Waals surface area contributed by atoms with Crippen molar-refractivity contribution in [2.75, 3.05) is 17.2 Å². The lowest BCUT2D eigenvalue weighted by Crippen LogP contribution is -2.33. The predicted molar refractivity (Wildman–Crippen MR) is 147 cm³/mol. The number of fused-ring (bicyclic) bond motifs is 6. The van der Waals surface area contributed by atoms with Gasteiger partial charge < -0.3 is 20.1 Å². The molecule has 2 heterocycles. The molecule has 1 atom stereocenters. The largest absolute Gasteiger partial charge is 0.456 e. The molecule has 4 aromatic rings. The molecule has 0 saturated heterocycles. The van der Waals surface area contributed by atoms with E-state index in [1.165, 1.54) is 0 Å². The molecule has 0 amide bonds. The average molecular weight is 491 g/mol. The highest BCUT2D eigenvalue weighted by molar-refractivity contribution is 5.97. The maximum Gasteiger partial charge on any atom is 0.340 e. The zero-order valence-corrected chi connectivity index (χ0v) is 21.4. The highest BCUT2D eigenvalue weighted by Gasteiger charge is 2.53. The Morgan fingerprint density at radius 1 is 0.784 bits per heavy atom. The SMILES string of the molecule is CCCCNc1cc2c(cc1C)C1(OC(=O)c3ccccc31)c1cc(Nc3ccccc3)c(C)cc1O2. The maximum absolute atomic E-state index is 13.2. The van der Waals surface area contributed by atoms with Gasteiger partial charge in [0.15, 0.2) is 5.60 Å². The van der Waals surface area contributed by atoms with Gasteiger partial charge in [0.2, 0.25) is 0 Å². The Balaban J connectivity index is 1.56. The van der Waals surface area contributed by atoms with Crippen LogP contribution in [0.25, 0.3) is 0 Å². The van der Waals surface area contributed by atoms with Crippen molar-refractivity contribution in [1.29, 1.82) is 0 Å². The summed E-state index contributed by atoms with van der Waals surface area (Å²) < 4.78 is 12.9. The zero-order valence-electron chi connectivity index (χ0n) is 21.4. The van der Waals surface area contributed by atoms with Crippen LogP contribution in [0.15, 0.2) is 78.9 Å². The summed E-state index contributed by atoms with van der Waals surface area (Å²) in [6, 6.07) is 26.0. The van der Waals surface area contributed by atoms with Crippen LogP contribution in [-0.2, 0) is 10.3 Å². The summed E-state index contributed by atoms with van der Waals surface area (Å²) in [4.78, 5) is 13.2. The molecule has 0 radical (unpaired) electrons. The molecule has 1 spiro atoms. The highest BCUT2D eigenvalue weighted by Crippen LogP contribution is 2.57. The Hall–Kier alpha value is -4.25. The van der Waals surface area contributed by atoms with Crippen LogP contribution < -0.4 is 15.4 Å². The summed E-state index contributed by atoms with van der Waals surface area (Å²) in [6.45, 7) is 7.21. The summed E-state index contributed by atoms with van der Waals surface area (Å²) in [6.07, 6.45) is 2.21. The standard InChI is InChI=1S/C32H30N2O3/c1-4-5-15-33-27-19-30-25(16-20(27)2)32(24-14-10-9-13-23(24)31(35)37-32)26-18-28(21(3)17-29(26)36-30)34-22-11-7-6-8-12-22/h6-14,16-19,33-34H,4-5,15H2,1-3H3. The number of nitrogens with one attached hydrogen (secondary N) is 2. The van der Waals surface area contributed by atoms with Gasteiger partial charge in [-0.2, -0.15) is 0 Å². The molecule has 37 heavy (non-hydrogen) atoms. The minimum Gasteiger partial charge on any atom is -0.456 e. The number of ether oxygens (including phenoxy) is 2. The molecule has 0 aromatic heterocycles. The van der Waals surface area contributed by atoms with Gasteiger partial charge in [-0.25, -0.2) is 4.79 Å². The van der Waals surface area contributed by atoms with Gasteiger partial charge in [-0.15, -0.1) is 0 Å². The van der Waals surface area contributed by atoms with Crippen molar-refractivity contribution in [2.24, 2.45) is 0 Å². The minimum absolute atomic E-state index is 0.324. The van der Waals surface area contributed by atoms with Crippen molar-refractivity contribution >= 4 is 23.0 Å². The third-order valence-corrected chi connectivity index (χ3v) is 7.30. The molecule has 0 fully saturated rings. The van der Waals surface area contributed by atoms with Crippen LogP contribution in [0.3, 0.4) is 0 Å². The van der Waals surface area contributed by atoms with Crippen LogP contribution in [0, 0.1) is 13.8 Å². The quantitative estimate of drug-likeness (QED) is 0.213. The number of aryl methyl sites for hydroxylation is 2. The topological polar surface area (TPSA) is 59.6 Å². The predicted octanol–water partition coefficient (Wildman–Crippen LogP) is 7.83. The highest BCUT2D eigenvalue weighted by atomic mass is 16.6. The summed E-state index contributed by atoms with van der Waals surface area (Å²) in [5, 5.41) is 7.08. The van der Waals surface area contributed by atoms with Crippen LogP contribution in [0.4, 0.5) is 17.1 Å². The fourth-order valence-electron chi connectivity index (χ4n) is 5.37. The second-order valence-electron chi connectivity index (χ2n) is 9.82. The normalized spacial score (nSPS) is 16.9. The van der Waals surface area contributed by atoms with Gasteiger partial charge in [0.1, 0.15) is 11.5 Å². The van der Waals surface area contributed by atoms with E-state index in [0.29, 0.717) is 17.1 Å². The number of esters is 1. The van der Waals surface area contributed by atoms with Crippen molar-refractivity contribution < 1.29 is 14.3 Å². The van der Waals surface area contributed by atoms with Crippen LogP contribution in [-0.4, -0.2) is 12.5 Å². The van der Waals surface area contributed by atoms with Crippen LogP contribution >= 0.6 is 0 Å². The monoisotopic (exact) mass is 490 g/mol. The van der Waals surface area contributed by atoms with Crippen molar-refractivity contribution in [3.63, 3.8) is 0 Å². The Morgan fingerprint density at radius 2 is 1.49 bits per heavy atom. The van der Waals surface area contributed by atoms with Crippen LogP contribution in [0.5, 0.6) is 11.5 Å². The summed E-state index contributed by atoms with van der Waals surface area (Å²) in [5.41, 5.74) is 7.05. The second kappa shape index (κ2) is 9.00. The number of anilines is 3. The Kier molecular flexibility index (Phi) is 5.64. The van der Waals surface area contributed by atoms with E-state index in [9.17, 15) is 4.79 Å². The van der Waals surface area contributed by atoms with E-state index in [2.05, 4.69) is 43.5 Å². The fraction of sp³-hybridized carbons (Fsp3) is 0.219. The van der Waals surface area contributed by atoms with E-state index in [4.69, 9.17) is 9.47 Å². The van der Waals surface area contributed by atoms with Gasteiger partial charge in [-0.3, -0.25) is 0 Å². The summed E-state index contributed by atoms with van der Waals surface area (Å²) >= 11 is 0. The van der Waals surface area contributed by atoms with Crippen molar-refractivity contribution in [1.82, 2.24) is 0 Å². The van der Waals surface area contributed by atoms with Crippen molar-refractivity contribution in [3.8, 4) is 11.5 Å². The van der Waals surface area contributed by atoms with Crippen LogP contribution in [0.1, 0.15) is 57.9 Å². The van der Waals surface area contributed by atoms with E-state index in [0.717, 1.165) is 64.3 Å². The number of carbonyl (C=O) groups is 1. The second-order valence-corrected chi connectivity index (χ2v) is 9.82. The molecular weight excluding hydrogens is 460 g/mol. The van der Waals surface area contributed by atoms with Gasteiger partial charge in [0.25, 0.3) is 0 Å². The molecule has 2 aliphatic rings. The molecule has 5 nitrogen and oxygen atoms in total. The average Bonchev–Trinajstić information content (AvgIpc) is 3.20. The number of unbranched alkanes of at least 4 members (excludes halogenated alkanes) is 1. The van der Waals surface area contributed by atoms with E-state index < -0.39 is 5.60 Å². The first kappa shape index (κ1) is 23.2. The van der Waals surface area contributed by atoms with E-state index >= 15 is 0 Å². The minimum atomic E-state index is -1.09. The molecule has 0 bridgehead atoms. The first-order valence-corrected chi connectivity index (χ1v) is 12.9. The molecule has 2 N–H and O–H groups in total. The fourth-order valence-corrected chi connectivity index (χ4v) is 5.37. The van der Waals surface area contributed by atoms with Crippen LogP contribution in [0.2, 0.25) is 0 Å². The first-order valence-electron chi connectivity index (χ1n) is 12.9. The smallest absolute Gasteiger partial charge is 0.340 e. The number of benzene rings is 4. The number of hydrogen-bond acceptors (Lipinski definition) is 5. The summed E-state index contributed by atoms with van der Waals surface area (Å²) in [5.74, 6) is 1.07. The third kappa shape index (κ3) is 3.73. The Bertz CT molecular complexity index is 1510. The number of rotatable bonds is 6. The van der Waals surface area contributed by atoms with Gasteiger partial charge in [-0.1, -0.05) is 49.7 Å². The zero-order chi connectivity index (χ0) is 25.6. The van der Waals surface area contributed by atoms with Gasteiger partial charge >= 0.3 is 5.97 Å². The van der Waals surface area contributed by atoms with E-state index in [1.54, 1.807) is 0 Å². The van der Waals surface area contributed by atoms with Crippen molar-refractivity contribution in [3.05, 3.63) is 112 Å². The number of para-hydroxylation sites is 1. The Labute approximate surface area is 217 Å². The van der Waals surface area contributed by atoms with E-state index in [-0.39, 0.29) is 5.97 Å². The summed E-state index contributed by atoms with van der Waals surface area (Å²) in [7, 11) is 0. The molecule has 4 aromatic carbocycles. The molecule has 0 aliphatic carbocycles. The van der Waals surface area contributed by atoms with Gasteiger partial charge in [0, 0.05) is 46.4 Å². The molecule has 5 heteroatoms. The van der Waals surface area contributed by atoms with E-state index in [1.807, 2.05) is 66.7 Å². The molecule has 6 rings (SSSR count). The molecular formula is C32H30N2O3. The molecule has 0 saturated carbocycles. The lowest BCUT2D eigenvalue weighted by Gasteiger charge is -2.37. The molecule has 1 unspecified atom stereocenters. The maximum atomic E-state index is 13.2. The third-order valence-electron chi connectivity index (χ3n) is 7.30. The number of hydrogen-bond donors (Lipinski definition) is 2. The van der Waals surface area contributed by atoms with Crippen molar-refractivity contribution in [2.45, 2.75) is 39.2 Å². The first-order chi connectivity index (χ1) is 18.0.